The molecule has 0 atom stereocenters. The first-order valence-corrected chi connectivity index (χ1v) is 21.9. The molecule has 24 nitrogen and oxygen atoms in total. The van der Waals surface area contributed by atoms with E-state index in [0.717, 1.165) is 36.4 Å². The smallest absolute Gasteiger partial charge is 0.397 e. The molecule has 0 aliphatic rings. The highest BCUT2D eigenvalue weighted by molar-refractivity contribution is 7.92. The summed E-state index contributed by atoms with van der Waals surface area (Å²) in [6.45, 7) is -2.10. The molecule has 3 rings (SSSR count). The van der Waals surface area contributed by atoms with Gasteiger partial charge in [0.2, 0.25) is 0 Å². The van der Waals surface area contributed by atoms with Crippen LogP contribution >= 0.6 is 0 Å². The molecule has 0 aliphatic carbocycles. The minimum absolute atomic E-state index is 0.335. The normalized spacial score (nSPS) is 13.6. The number of hydrogen-bond donors (Lipinski definition) is 6. The summed E-state index contributed by atoms with van der Waals surface area (Å²) in [6, 6.07) is 5.77. The standard InChI is InChI=1S/C22H23N5O19S6/c23-15-11-20(28)19(27-25-17-4-2-14(10-22(17)50(36,37)38)48(31,32)8-6-46-52(42,43)44)12-18(15)26-24-16-3-1-13(9-21(16)49(33,34)35)47(29,30)7-5-45-51(39,40)41/h1-4,9-12,28H,5-8,23H2,(H,33,34,35)(H,36,37,38)(H,39,40,41)(H,42,43,44)/b26-24+,27-25+. The van der Waals surface area contributed by atoms with Crippen molar-refractivity contribution in [3.05, 3.63) is 48.5 Å². The second-order valence-electron chi connectivity index (χ2n) is 9.65. The lowest BCUT2D eigenvalue weighted by molar-refractivity contribution is 0.282. The highest BCUT2D eigenvalue weighted by Crippen LogP contribution is 2.39. The van der Waals surface area contributed by atoms with Crippen LogP contribution in [0, 0.1) is 0 Å². The molecule has 0 amide bonds. The van der Waals surface area contributed by atoms with Crippen LogP contribution in [0.1, 0.15) is 0 Å². The average Bonchev–Trinajstić information content (AvgIpc) is 2.97. The number of hydrogen-bond acceptors (Lipinski definition) is 20. The van der Waals surface area contributed by atoms with Crippen molar-refractivity contribution in [2.75, 3.05) is 30.5 Å². The van der Waals surface area contributed by atoms with Crippen LogP contribution in [0.4, 0.5) is 28.4 Å². The lowest BCUT2D eigenvalue weighted by atomic mass is 10.2. The van der Waals surface area contributed by atoms with E-state index >= 15 is 0 Å². The average molecular weight is 854 g/mol. The van der Waals surface area contributed by atoms with Crippen molar-refractivity contribution in [3.63, 3.8) is 0 Å². The van der Waals surface area contributed by atoms with Crippen molar-refractivity contribution in [3.8, 4) is 5.75 Å². The molecule has 7 N–H and O–H groups in total. The van der Waals surface area contributed by atoms with Gasteiger partial charge in [-0.1, -0.05) is 0 Å². The van der Waals surface area contributed by atoms with Crippen LogP contribution in [0.25, 0.3) is 0 Å². The molecule has 3 aromatic carbocycles. The third-order valence-electron chi connectivity index (χ3n) is 5.96. The van der Waals surface area contributed by atoms with Gasteiger partial charge >= 0.3 is 20.8 Å². The highest BCUT2D eigenvalue weighted by Gasteiger charge is 2.25. The van der Waals surface area contributed by atoms with Gasteiger partial charge in [-0.25, -0.2) is 25.2 Å². The molecular formula is C22H23N5O19S6. The molecular weight excluding hydrogens is 831 g/mol. The molecule has 286 valence electrons. The summed E-state index contributed by atoms with van der Waals surface area (Å²) < 4.78 is 185. The lowest BCUT2D eigenvalue weighted by Gasteiger charge is -2.08. The number of benzene rings is 3. The maximum absolute atomic E-state index is 12.5. The Labute approximate surface area is 294 Å². The summed E-state index contributed by atoms with van der Waals surface area (Å²) in [5.41, 5.74) is 3.22. The van der Waals surface area contributed by atoms with Crippen molar-refractivity contribution >= 4 is 89.1 Å². The molecule has 0 aromatic heterocycles. The monoisotopic (exact) mass is 853 g/mol. The maximum atomic E-state index is 12.5. The molecule has 3 aromatic rings. The molecule has 0 unspecified atom stereocenters. The van der Waals surface area contributed by atoms with Gasteiger partial charge in [0, 0.05) is 6.07 Å². The van der Waals surface area contributed by atoms with E-state index in [9.17, 15) is 64.7 Å². The zero-order valence-corrected chi connectivity index (χ0v) is 30.1. The summed E-state index contributed by atoms with van der Waals surface area (Å²) >= 11 is 0. The van der Waals surface area contributed by atoms with Crippen LogP contribution in [0.5, 0.6) is 5.75 Å². The highest BCUT2D eigenvalue weighted by atomic mass is 32.3. The van der Waals surface area contributed by atoms with Gasteiger partial charge in [0.25, 0.3) is 20.2 Å². The van der Waals surface area contributed by atoms with E-state index in [1.54, 1.807) is 0 Å². The molecule has 0 radical (unpaired) electrons. The van der Waals surface area contributed by atoms with Gasteiger partial charge in [0.15, 0.2) is 19.7 Å². The number of phenolic OH excluding ortho intramolecular Hbond substituents is 1. The molecule has 0 saturated heterocycles. The third kappa shape index (κ3) is 12.0. The van der Waals surface area contributed by atoms with Crippen LogP contribution in [-0.2, 0) is 69.1 Å². The molecule has 0 aliphatic heterocycles. The van der Waals surface area contributed by atoms with Crippen LogP contribution < -0.4 is 5.73 Å². The molecule has 0 heterocycles. The Kier molecular flexibility index (Phi) is 12.6. The summed E-state index contributed by atoms with van der Waals surface area (Å²) in [5.74, 6) is -2.82. The van der Waals surface area contributed by atoms with Crippen molar-refractivity contribution in [2.24, 2.45) is 20.5 Å². The number of phenols is 1. The molecule has 0 spiro atoms. The van der Waals surface area contributed by atoms with Gasteiger partial charge in [0.05, 0.1) is 40.2 Å². The fourth-order valence-corrected chi connectivity index (χ4v) is 8.12. The van der Waals surface area contributed by atoms with Crippen LogP contribution in [0.15, 0.2) is 88.6 Å². The number of sulfone groups is 2. The Bertz CT molecular complexity index is 2450. The predicted molar refractivity (Wildman–Crippen MR) is 172 cm³/mol. The Morgan fingerprint density at radius 3 is 1.25 bits per heavy atom. The van der Waals surface area contributed by atoms with Crippen LogP contribution in [0.3, 0.4) is 0 Å². The van der Waals surface area contributed by atoms with Gasteiger partial charge in [-0.3, -0.25) is 18.2 Å². The number of aromatic hydroxyl groups is 1. The second kappa shape index (κ2) is 15.5. The Balaban J connectivity index is 1.99. The van der Waals surface area contributed by atoms with E-state index in [1.165, 1.54) is 0 Å². The van der Waals surface area contributed by atoms with Crippen molar-refractivity contribution < 1.29 is 82.2 Å². The maximum Gasteiger partial charge on any atom is 0.397 e. The quantitative estimate of drug-likeness (QED) is 0.0675. The van der Waals surface area contributed by atoms with Gasteiger partial charge < -0.3 is 10.8 Å². The number of anilines is 1. The molecule has 0 saturated carbocycles. The summed E-state index contributed by atoms with van der Waals surface area (Å²) in [6.07, 6.45) is 0. The van der Waals surface area contributed by atoms with E-state index in [4.69, 9.17) is 14.8 Å². The number of nitrogens with two attached hydrogens (primary N) is 1. The summed E-state index contributed by atoms with van der Waals surface area (Å²) in [7, 11) is -29.3. The topological polar surface area (TPSA) is 400 Å². The first kappa shape index (κ1) is 42.3. The zero-order valence-electron chi connectivity index (χ0n) is 25.2. The predicted octanol–water partition coefficient (Wildman–Crippen LogP) is 1.48. The largest absolute Gasteiger partial charge is 0.506 e. The van der Waals surface area contributed by atoms with Crippen LogP contribution in [-0.4, -0.2) is 98.5 Å². The summed E-state index contributed by atoms with van der Waals surface area (Å²) in [5, 5.41) is 24.8. The van der Waals surface area contributed by atoms with E-state index < -0.39 is 128 Å². The van der Waals surface area contributed by atoms with E-state index in [2.05, 4.69) is 28.8 Å². The van der Waals surface area contributed by atoms with E-state index in [1.807, 2.05) is 0 Å². The zero-order chi connectivity index (χ0) is 39.5. The first-order chi connectivity index (χ1) is 23.6. The number of nitrogen functional groups attached to an aromatic ring is 1. The van der Waals surface area contributed by atoms with Crippen molar-refractivity contribution in [1.29, 1.82) is 0 Å². The first-order valence-electron chi connectivity index (χ1n) is 13.0. The molecule has 30 heteroatoms. The van der Waals surface area contributed by atoms with Crippen LogP contribution in [0.2, 0.25) is 0 Å². The minimum atomic E-state index is -5.22. The van der Waals surface area contributed by atoms with E-state index in [0.29, 0.717) is 12.1 Å². The summed E-state index contributed by atoms with van der Waals surface area (Å²) in [4.78, 5) is -3.71. The van der Waals surface area contributed by atoms with Gasteiger partial charge in [-0.2, -0.15) is 33.7 Å². The number of rotatable bonds is 16. The number of nitrogens with zero attached hydrogens (tertiary/aromatic N) is 4. The minimum Gasteiger partial charge on any atom is -0.506 e. The Morgan fingerprint density at radius 1 is 0.519 bits per heavy atom. The third-order valence-corrected chi connectivity index (χ3v) is 12.0. The number of azo groups is 2. The fraction of sp³-hybridized carbons (Fsp3) is 0.182. The van der Waals surface area contributed by atoms with Crippen molar-refractivity contribution in [2.45, 2.75) is 19.6 Å². The SMILES string of the molecule is Nc1cc(O)c(/N=N/c2ccc(S(=O)(=O)CCOS(=O)(=O)O)cc2S(=O)(=O)O)cc1/N=N/c1ccc(S(=O)(=O)CCOS(=O)(=O)O)cc1S(=O)(=O)O. The van der Waals surface area contributed by atoms with E-state index in [-0.39, 0.29) is 11.4 Å². The van der Waals surface area contributed by atoms with Crippen molar-refractivity contribution in [1.82, 2.24) is 0 Å². The Morgan fingerprint density at radius 2 is 0.885 bits per heavy atom. The molecule has 0 bridgehead atoms. The lowest BCUT2D eigenvalue weighted by Crippen LogP contribution is -2.16. The fourth-order valence-electron chi connectivity index (χ4n) is 3.65. The molecule has 0 fully saturated rings. The van der Waals surface area contributed by atoms with Gasteiger partial charge in [0.1, 0.15) is 38.3 Å². The van der Waals surface area contributed by atoms with Gasteiger partial charge in [-0.15, -0.1) is 20.5 Å². The molecule has 52 heavy (non-hydrogen) atoms. The van der Waals surface area contributed by atoms with Gasteiger partial charge in [-0.05, 0) is 42.5 Å². The Hall–Kier alpha value is -4.08. The second-order valence-corrected chi connectivity index (χ2v) is 18.8.